The molecule has 1 atom stereocenters. The van der Waals surface area contributed by atoms with Gasteiger partial charge in [0.25, 0.3) is 0 Å². The van der Waals surface area contributed by atoms with Gasteiger partial charge in [-0.25, -0.2) is 4.79 Å². The topological polar surface area (TPSA) is 43.4 Å². The Morgan fingerprint density at radius 2 is 1.26 bits per heavy atom. The van der Waals surface area contributed by atoms with Gasteiger partial charge in [-0.15, -0.1) is 0 Å². The normalized spacial score (nSPS) is 11.9. The van der Waals surface area contributed by atoms with Crippen LogP contribution in [0.4, 0.5) is 0 Å². The number of Topliss-reactive ketones (excluding diaryl/α,β-unsaturated/α-hetero) is 1. The Bertz CT molecular complexity index is 759. The Morgan fingerprint density at radius 3 is 1.78 bits per heavy atom. The largest absolute Gasteiger partial charge is 0.451 e. The van der Waals surface area contributed by atoms with Crippen molar-refractivity contribution in [3.05, 3.63) is 69.8 Å². The molecule has 0 saturated carbocycles. The molecule has 120 valence electrons. The SMILES string of the molecule is Cc1ccc(C(=O)O[C@H](C)C(=O)c2ccc(C)c(C)c2)cc1C. The van der Waals surface area contributed by atoms with Gasteiger partial charge in [-0.1, -0.05) is 18.2 Å². The van der Waals surface area contributed by atoms with E-state index in [4.69, 9.17) is 4.74 Å². The molecule has 0 radical (unpaired) electrons. The lowest BCUT2D eigenvalue weighted by molar-refractivity contribution is 0.0318. The standard InChI is InChI=1S/C20H22O3/c1-12-6-8-17(10-14(12)3)19(21)16(5)23-20(22)18-9-7-13(2)15(4)11-18/h6-11,16H,1-5H3/t16-/m1/s1. The maximum atomic E-state index is 12.4. The second kappa shape index (κ2) is 6.78. The van der Waals surface area contributed by atoms with Crippen LogP contribution in [0.5, 0.6) is 0 Å². The van der Waals surface area contributed by atoms with Crippen molar-refractivity contribution in [2.45, 2.75) is 40.7 Å². The number of carbonyl (C=O) groups excluding carboxylic acids is 2. The van der Waals surface area contributed by atoms with Crippen molar-refractivity contribution in [2.75, 3.05) is 0 Å². The van der Waals surface area contributed by atoms with Gasteiger partial charge in [0.05, 0.1) is 5.56 Å². The predicted octanol–water partition coefficient (Wildman–Crippen LogP) is 4.35. The molecular formula is C20H22O3. The third kappa shape index (κ3) is 3.86. The highest BCUT2D eigenvalue weighted by atomic mass is 16.5. The number of hydrogen-bond donors (Lipinski definition) is 0. The van der Waals surface area contributed by atoms with Gasteiger partial charge in [0.1, 0.15) is 0 Å². The summed E-state index contributed by atoms with van der Waals surface area (Å²) in [6.07, 6.45) is -0.814. The molecule has 0 unspecified atom stereocenters. The fourth-order valence-electron chi connectivity index (χ4n) is 2.28. The first kappa shape index (κ1) is 16.9. The fraction of sp³-hybridized carbons (Fsp3) is 0.300. The van der Waals surface area contributed by atoms with Crippen LogP contribution in [0.1, 0.15) is 49.9 Å². The number of ketones is 1. The zero-order chi connectivity index (χ0) is 17.1. The highest BCUT2D eigenvalue weighted by Crippen LogP contribution is 2.15. The minimum absolute atomic E-state index is 0.190. The highest BCUT2D eigenvalue weighted by molar-refractivity contribution is 6.01. The summed E-state index contributed by atoms with van der Waals surface area (Å²) in [5.74, 6) is -0.664. The third-order valence-electron chi connectivity index (χ3n) is 4.19. The number of rotatable bonds is 4. The molecule has 2 rings (SSSR count). The van der Waals surface area contributed by atoms with E-state index >= 15 is 0 Å². The molecule has 0 amide bonds. The van der Waals surface area contributed by atoms with Gasteiger partial charge < -0.3 is 4.74 Å². The first-order chi connectivity index (χ1) is 10.8. The van der Waals surface area contributed by atoms with E-state index < -0.39 is 12.1 Å². The summed E-state index contributed by atoms with van der Waals surface area (Å²) in [6, 6.07) is 10.9. The molecule has 3 nitrogen and oxygen atoms in total. The Labute approximate surface area is 137 Å². The molecule has 0 aliphatic heterocycles. The van der Waals surface area contributed by atoms with Crippen molar-refractivity contribution in [1.29, 1.82) is 0 Å². The van der Waals surface area contributed by atoms with Gasteiger partial charge >= 0.3 is 5.97 Å². The molecule has 2 aromatic rings. The van der Waals surface area contributed by atoms with Crippen LogP contribution in [-0.4, -0.2) is 17.9 Å². The van der Waals surface area contributed by atoms with Crippen LogP contribution in [0.3, 0.4) is 0 Å². The summed E-state index contributed by atoms with van der Waals surface area (Å²) in [5.41, 5.74) is 5.33. The zero-order valence-corrected chi connectivity index (χ0v) is 14.3. The van der Waals surface area contributed by atoms with E-state index in [1.807, 2.05) is 45.9 Å². The smallest absolute Gasteiger partial charge is 0.338 e. The van der Waals surface area contributed by atoms with Crippen LogP contribution < -0.4 is 0 Å². The maximum absolute atomic E-state index is 12.4. The summed E-state index contributed by atoms with van der Waals surface area (Å²) in [4.78, 5) is 24.6. The Balaban J connectivity index is 2.12. The van der Waals surface area contributed by atoms with Gasteiger partial charge in [0, 0.05) is 5.56 Å². The molecule has 3 heteroatoms. The van der Waals surface area contributed by atoms with Gasteiger partial charge in [0.2, 0.25) is 5.78 Å². The monoisotopic (exact) mass is 310 g/mol. The first-order valence-electron chi connectivity index (χ1n) is 7.69. The average Bonchev–Trinajstić information content (AvgIpc) is 2.51. The summed E-state index contributed by atoms with van der Waals surface area (Å²) in [5, 5.41) is 0. The number of esters is 1. The highest BCUT2D eigenvalue weighted by Gasteiger charge is 2.21. The van der Waals surface area contributed by atoms with Crippen LogP contribution in [0.15, 0.2) is 36.4 Å². The summed E-state index contributed by atoms with van der Waals surface area (Å²) in [7, 11) is 0. The van der Waals surface area contributed by atoms with Crippen molar-refractivity contribution in [1.82, 2.24) is 0 Å². The van der Waals surface area contributed by atoms with E-state index in [9.17, 15) is 9.59 Å². The lowest BCUT2D eigenvalue weighted by atomic mass is 10.0. The van der Waals surface area contributed by atoms with Crippen LogP contribution in [0, 0.1) is 27.7 Å². The quantitative estimate of drug-likeness (QED) is 0.623. The van der Waals surface area contributed by atoms with Gasteiger partial charge in [-0.05, 0) is 75.1 Å². The molecule has 0 heterocycles. The van der Waals surface area contributed by atoms with E-state index in [1.54, 1.807) is 25.1 Å². The molecule has 0 spiro atoms. The lowest BCUT2D eigenvalue weighted by Gasteiger charge is -2.14. The van der Waals surface area contributed by atoms with Crippen molar-refractivity contribution in [2.24, 2.45) is 0 Å². The molecular weight excluding hydrogens is 288 g/mol. The van der Waals surface area contributed by atoms with Crippen molar-refractivity contribution in [3.63, 3.8) is 0 Å². The molecule has 2 aromatic carbocycles. The minimum atomic E-state index is -0.814. The molecule has 0 aromatic heterocycles. The van der Waals surface area contributed by atoms with Gasteiger partial charge in [-0.2, -0.15) is 0 Å². The Morgan fingerprint density at radius 1 is 0.783 bits per heavy atom. The minimum Gasteiger partial charge on any atom is -0.451 e. The molecule has 23 heavy (non-hydrogen) atoms. The number of carbonyl (C=O) groups is 2. The van der Waals surface area contributed by atoms with Crippen LogP contribution in [0.2, 0.25) is 0 Å². The van der Waals surface area contributed by atoms with E-state index in [-0.39, 0.29) is 5.78 Å². The second-order valence-electron chi connectivity index (χ2n) is 6.01. The molecule has 0 N–H and O–H groups in total. The van der Waals surface area contributed by atoms with Crippen molar-refractivity contribution >= 4 is 11.8 Å². The Kier molecular flexibility index (Phi) is 4.99. The summed E-state index contributed by atoms with van der Waals surface area (Å²) in [6.45, 7) is 9.48. The number of aryl methyl sites for hydroxylation is 4. The van der Waals surface area contributed by atoms with Gasteiger partial charge in [0.15, 0.2) is 6.10 Å². The van der Waals surface area contributed by atoms with Crippen molar-refractivity contribution < 1.29 is 14.3 Å². The Hall–Kier alpha value is -2.42. The number of benzene rings is 2. The number of ether oxygens (including phenoxy) is 1. The van der Waals surface area contributed by atoms with Crippen LogP contribution >= 0.6 is 0 Å². The molecule has 0 aliphatic rings. The van der Waals surface area contributed by atoms with E-state index in [0.717, 1.165) is 22.3 Å². The average molecular weight is 310 g/mol. The first-order valence-corrected chi connectivity index (χ1v) is 7.69. The third-order valence-corrected chi connectivity index (χ3v) is 4.19. The summed E-state index contributed by atoms with van der Waals surface area (Å²) >= 11 is 0. The van der Waals surface area contributed by atoms with E-state index in [0.29, 0.717) is 11.1 Å². The fourth-order valence-corrected chi connectivity index (χ4v) is 2.28. The number of hydrogen-bond acceptors (Lipinski definition) is 3. The molecule has 0 fully saturated rings. The summed E-state index contributed by atoms with van der Waals surface area (Å²) < 4.78 is 5.33. The lowest BCUT2D eigenvalue weighted by Crippen LogP contribution is -2.24. The second-order valence-corrected chi connectivity index (χ2v) is 6.01. The predicted molar refractivity (Wildman–Crippen MR) is 91.0 cm³/mol. The molecule has 0 saturated heterocycles. The van der Waals surface area contributed by atoms with Crippen LogP contribution in [0.25, 0.3) is 0 Å². The van der Waals surface area contributed by atoms with Crippen molar-refractivity contribution in [3.8, 4) is 0 Å². The maximum Gasteiger partial charge on any atom is 0.338 e. The zero-order valence-electron chi connectivity index (χ0n) is 14.3. The molecule has 0 bridgehead atoms. The van der Waals surface area contributed by atoms with E-state index in [1.165, 1.54) is 0 Å². The van der Waals surface area contributed by atoms with Crippen LogP contribution in [-0.2, 0) is 4.74 Å². The van der Waals surface area contributed by atoms with E-state index in [2.05, 4.69) is 0 Å². The molecule has 0 aliphatic carbocycles. The van der Waals surface area contributed by atoms with Gasteiger partial charge in [-0.3, -0.25) is 4.79 Å².